The molecule has 0 saturated heterocycles. The maximum Gasteiger partial charge on any atom is 0.261 e. The maximum absolute atomic E-state index is 12.7. The smallest absolute Gasteiger partial charge is 0.261 e. The molecule has 0 atom stereocenters. The second-order valence-electron chi connectivity index (χ2n) is 7.11. The second kappa shape index (κ2) is 9.36. The number of hydrogen-bond acceptors (Lipinski definition) is 4. The zero-order chi connectivity index (χ0) is 21.7. The lowest BCUT2D eigenvalue weighted by atomic mass is 10.2. The number of anilines is 2. The summed E-state index contributed by atoms with van der Waals surface area (Å²) in [6.07, 6.45) is 0. The minimum absolute atomic E-state index is 0.122. The van der Waals surface area contributed by atoms with Gasteiger partial charge in [-0.05, 0) is 55.5 Å². The van der Waals surface area contributed by atoms with Crippen molar-refractivity contribution in [3.8, 4) is 0 Å². The Morgan fingerprint density at radius 1 is 0.867 bits per heavy atom. The summed E-state index contributed by atoms with van der Waals surface area (Å²) in [5.41, 5.74) is 2.66. The molecule has 0 fully saturated rings. The molecule has 1 amide bonds. The van der Waals surface area contributed by atoms with Crippen molar-refractivity contribution in [2.45, 2.75) is 35.8 Å². The minimum Gasteiger partial charge on any atom is -0.322 e. The molecule has 0 aliphatic rings. The van der Waals surface area contributed by atoms with Gasteiger partial charge >= 0.3 is 0 Å². The normalized spacial score (nSPS) is 11.3. The van der Waals surface area contributed by atoms with Crippen LogP contribution in [0.5, 0.6) is 0 Å². The zero-order valence-electron chi connectivity index (χ0n) is 17.0. The lowest BCUT2D eigenvalue weighted by Crippen LogP contribution is -2.15. The lowest BCUT2D eigenvalue weighted by molar-refractivity contribution is 0.102. The molecule has 0 aromatic heterocycles. The van der Waals surface area contributed by atoms with Gasteiger partial charge in [-0.25, -0.2) is 8.42 Å². The van der Waals surface area contributed by atoms with E-state index in [4.69, 9.17) is 0 Å². The van der Waals surface area contributed by atoms with Crippen LogP contribution in [-0.2, 0) is 10.0 Å². The van der Waals surface area contributed by atoms with Crippen LogP contribution >= 0.6 is 11.8 Å². The summed E-state index contributed by atoms with van der Waals surface area (Å²) in [5.74, 6) is -0.230. The predicted octanol–water partition coefficient (Wildman–Crippen LogP) is 5.55. The average Bonchev–Trinajstić information content (AvgIpc) is 2.70. The van der Waals surface area contributed by atoms with Gasteiger partial charge in [0, 0.05) is 21.5 Å². The first-order chi connectivity index (χ1) is 14.2. The van der Waals surface area contributed by atoms with Gasteiger partial charge in [0.2, 0.25) is 0 Å². The van der Waals surface area contributed by atoms with Crippen LogP contribution in [-0.4, -0.2) is 19.6 Å². The van der Waals surface area contributed by atoms with E-state index in [0.29, 0.717) is 22.2 Å². The van der Waals surface area contributed by atoms with E-state index in [0.717, 1.165) is 10.5 Å². The molecule has 0 unspecified atom stereocenters. The van der Waals surface area contributed by atoms with Crippen LogP contribution < -0.4 is 10.0 Å². The van der Waals surface area contributed by atoms with E-state index in [1.807, 2.05) is 37.3 Å². The van der Waals surface area contributed by atoms with Crippen LogP contribution in [0.25, 0.3) is 0 Å². The molecule has 0 bridgehead atoms. The number of carbonyl (C=O) groups excluding carboxylic acids is 1. The molecule has 3 aromatic rings. The summed E-state index contributed by atoms with van der Waals surface area (Å²) < 4.78 is 27.7. The summed E-state index contributed by atoms with van der Waals surface area (Å²) in [4.78, 5) is 13.7. The average molecular weight is 441 g/mol. The van der Waals surface area contributed by atoms with Crippen molar-refractivity contribution in [3.63, 3.8) is 0 Å². The molecule has 0 saturated carbocycles. The highest BCUT2D eigenvalue weighted by Gasteiger charge is 2.16. The summed E-state index contributed by atoms with van der Waals surface area (Å²) in [6, 6.07) is 20.7. The van der Waals surface area contributed by atoms with Crippen LogP contribution in [0.2, 0.25) is 0 Å². The van der Waals surface area contributed by atoms with E-state index < -0.39 is 10.0 Å². The van der Waals surface area contributed by atoms with Gasteiger partial charge in [-0.3, -0.25) is 9.52 Å². The zero-order valence-corrected chi connectivity index (χ0v) is 18.7. The molecule has 156 valence electrons. The fourth-order valence-electron chi connectivity index (χ4n) is 2.76. The molecular formula is C23H24N2O3S2. The van der Waals surface area contributed by atoms with Crippen LogP contribution in [0, 0.1) is 6.92 Å². The molecular weight excluding hydrogens is 416 g/mol. The summed E-state index contributed by atoms with van der Waals surface area (Å²) in [7, 11) is -3.71. The first kappa shape index (κ1) is 21.9. The SMILES string of the molecule is Cc1ccc(NS(=O)(=O)c2ccc(NC(=O)c3ccccc3SC(C)C)cc2)cc1. The monoisotopic (exact) mass is 440 g/mol. The predicted molar refractivity (Wildman–Crippen MR) is 124 cm³/mol. The lowest BCUT2D eigenvalue weighted by Gasteiger charge is -2.12. The Bertz CT molecular complexity index is 1120. The number of carbonyl (C=O) groups is 1. The van der Waals surface area contributed by atoms with Crippen LogP contribution in [0.4, 0.5) is 11.4 Å². The van der Waals surface area contributed by atoms with E-state index in [9.17, 15) is 13.2 Å². The summed E-state index contributed by atoms with van der Waals surface area (Å²) in [5, 5.41) is 3.19. The molecule has 2 N–H and O–H groups in total. The number of aryl methyl sites for hydroxylation is 1. The number of hydrogen-bond donors (Lipinski definition) is 2. The van der Waals surface area contributed by atoms with Gasteiger partial charge in [-0.2, -0.15) is 0 Å². The van der Waals surface area contributed by atoms with E-state index in [1.165, 1.54) is 12.1 Å². The molecule has 0 radical (unpaired) electrons. The quantitative estimate of drug-likeness (QED) is 0.473. The Balaban J connectivity index is 1.73. The van der Waals surface area contributed by atoms with E-state index >= 15 is 0 Å². The number of sulfonamides is 1. The Hall–Kier alpha value is -2.77. The van der Waals surface area contributed by atoms with Gasteiger partial charge < -0.3 is 5.32 Å². The molecule has 3 rings (SSSR count). The van der Waals surface area contributed by atoms with Crippen molar-refractivity contribution in [1.82, 2.24) is 0 Å². The van der Waals surface area contributed by atoms with Crippen molar-refractivity contribution < 1.29 is 13.2 Å². The van der Waals surface area contributed by atoms with Crippen LogP contribution in [0.15, 0.2) is 82.6 Å². The highest BCUT2D eigenvalue weighted by atomic mass is 32.2. The third-order valence-electron chi connectivity index (χ3n) is 4.22. The van der Waals surface area contributed by atoms with Gasteiger partial charge in [-0.1, -0.05) is 43.7 Å². The third-order valence-corrected chi connectivity index (χ3v) is 6.70. The van der Waals surface area contributed by atoms with Crippen molar-refractivity contribution >= 4 is 39.1 Å². The Morgan fingerprint density at radius 3 is 2.10 bits per heavy atom. The number of rotatable bonds is 7. The van der Waals surface area contributed by atoms with E-state index in [2.05, 4.69) is 23.9 Å². The van der Waals surface area contributed by atoms with Crippen molar-refractivity contribution in [3.05, 3.63) is 83.9 Å². The second-order valence-corrected chi connectivity index (χ2v) is 10.4. The molecule has 0 heterocycles. The summed E-state index contributed by atoms with van der Waals surface area (Å²) in [6.45, 7) is 6.08. The van der Waals surface area contributed by atoms with Crippen LogP contribution in [0.3, 0.4) is 0 Å². The van der Waals surface area contributed by atoms with Gasteiger partial charge in [0.15, 0.2) is 0 Å². The number of thioether (sulfide) groups is 1. The van der Waals surface area contributed by atoms with Gasteiger partial charge in [0.25, 0.3) is 15.9 Å². The molecule has 30 heavy (non-hydrogen) atoms. The Morgan fingerprint density at radius 2 is 1.47 bits per heavy atom. The number of nitrogens with one attached hydrogen (secondary N) is 2. The Labute approximate surface area is 182 Å². The fraction of sp³-hybridized carbons (Fsp3) is 0.174. The molecule has 0 spiro atoms. The molecule has 0 aliphatic heterocycles. The fourth-order valence-corrected chi connectivity index (χ4v) is 4.77. The van der Waals surface area contributed by atoms with Gasteiger partial charge in [0.05, 0.1) is 10.5 Å². The largest absolute Gasteiger partial charge is 0.322 e. The van der Waals surface area contributed by atoms with Crippen LogP contribution in [0.1, 0.15) is 29.8 Å². The van der Waals surface area contributed by atoms with E-state index in [-0.39, 0.29) is 10.8 Å². The Kier molecular flexibility index (Phi) is 6.84. The van der Waals surface area contributed by atoms with Gasteiger partial charge in [-0.15, -0.1) is 11.8 Å². The summed E-state index contributed by atoms with van der Waals surface area (Å²) >= 11 is 1.62. The molecule has 7 heteroatoms. The first-order valence-electron chi connectivity index (χ1n) is 9.51. The molecule has 0 aliphatic carbocycles. The topological polar surface area (TPSA) is 75.3 Å². The standard InChI is InChI=1S/C23H24N2O3S2/c1-16(2)29-22-7-5-4-6-21(22)23(26)24-18-12-14-20(15-13-18)30(27,28)25-19-10-8-17(3)9-11-19/h4-16,25H,1-3H3,(H,24,26). The molecule has 3 aromatic carbocycles. The third kappa shape index (κ3) is 5.64. The number of benzene rings is 3. The first-order valence-corrected chi connectivity index (χ1v) is 11.9. The van der Waals surface area contributed by atoms with E-state index in [1.54, 1.807) is 42.1 Å². The molecule has 5 nitrogen and oxygen atoms in total. The highest BCUT2D eigenvalue weighted by molar-refractivity contribution is 8.00. The van der Waals surface area contributed by atoms with Gasteiger partial charge in [0.1, 0.15) is 0 Å². The highest BCUT2D eigenvalue weighted by Crippen LogP contribution is 2.27. The minimum atomic E-state index is -3.71. The number of amides is 1. The maximum atomic E-state index is 12.7. The van der Waals surface area contributed by atoms with Crippen molar-refractivity contribution in [1.29, 1.82) is 0 Å². The van der Waals surface area contributed by atoms with Crippen molar-refractivity contribution in [2.75, 3.05) is 10.0 Å². The van der Waals surface area contributed by atoms with Crippen molar-refractivity contribution in [2.24, 2.45) is 0 Å².